The number of benzene rings is 1. The van der Waals surface area contributed by atoms with Crippen molar-refractivity contribution < 1.29 is 13.5 Å². The summed E-state index contributed by atoms with van der Waals surface area (Å²) in [6, 6.07) is 3.24. The van der Waals surface area contributed by atoms with Gasteiger partial charge in [0.1, 0.15) is 5.82 Å². The smallest absolute Gasteiger partial charge is 0.170 e. The van der Waals surface area contributed by atoms with Gasteiger partial charge >= 0.3 is 0 Å². The molecule has 0 aliphatic heterocycles. The lowest BCUT2D eigenvalue weighted by atomic mass is 10.2. The quantitative estimate of drug-likeness (QED) is 0.637. The third-order valence-corrected chi connectivity index (χ3v) is 1.47. The van der Waals surface area contributed by atoms with Gasteiger partial charge in [0.2, 0.25) is 0 Å². The van der Waals surface area contributed by atoms with Crippen LogP contribution in [0, 0.1) is 34.8 Å². The van der Waals surface area contributed by atoms with Gasteiger partial charge in [0.15, 0.2) is 17.6 Å². The highest BCUT2D eigenvalue weighted by Crippen LogP contribution is 2.22. The Balaban J connectivity index is 3.33. The van der Waals surface area contributed by atoms with Crippen LogP contribution in [-0.2, 0) is 0 Å². The number of methoxy groups -OCH3 is 1. The summed E-state index contributed by atoms with van der Waals surface area (Å²) < 4.78 is 30.4. The van der Waals surface area contributed by atoms with Gasteiger partial charge in [-0.05, 0) is 12.0 Å². The van der Waals surface area contributed by atoms with Gasteiger partial charge < -0.3 is 4.74 Å². The summed E-state index contributed by atoms with van der Waals surface area (Å²) in [5.74, 6) is 2.56. The van der Waals surface area contributed by atoms with Crippen molar-refractivity contribution in [3.8, 4) is 23.7 Å². The Morgan fingerprint density at radius 2 is 2.07 bits per heavy atom. The van der Waals surface area contributed by atoms with Gasteiger partial charge in [-0.25, -0.2) is 8.78 Å². The summed E-state index contributed by atoms with van der Waals surface area (Å²) in [6.07, 6.45) is 0. The van der Waals surface area contributed by atoms with Crippen LogP contribution in [0.25, 0.3) is 0 Å². The van der Waals surface area contributed by atoms with Crippen molar-refractivity contribution in [1.29, 1.82) is 5.26 Å². The van der Waals surface area contributed by atoms with E-state index < -0.39 is 11.6 Å². The fourth-order valence-electron chi connectivity index (χ4n) is 0.956. The van der Waals surface area contributed by atoms with E-state index in [4.69, 9.17) is 5.26 Å². The molecule has 14 heavy (non-hydrogen) atoms. The van der Waals surface area contributed by atoms with E-state index in [-0.39, 0.29) is 11.3 Å². The van der Waals surface area contributed by atoms with Gasteiger partial charge in [0.25, 0.3) is 0 Å². The van der Waals surface area contributed by atoms with Crippen LogP contribution in [0.3, 0.4) is 0 Å². The molecule has 0 amide bonds. The average molecular weight is 193 g/mol. The molecule has 0 aromatic heterocycles. The lowest BCUT2D eigenvalue weighted by Crippen LogP contribution is -1.93. The Kier molecular flexibility index (Phi) is 3.04. The van der Waals surface area contributed by atoms with Crippen LogP contribution in [0.4, 0.5) is 8.78 Å². The van der Waals surface area contributed by atoms with Crippen molar-refractivity contribution in [3.05, 3.63) is 29.3 Å². The summed E-state index contributed by atoms with van der Waals surface area (Å²) in [5, 5.41) is 8.18. The van der Waals surface area contributed by atoms with Gasteiger partial charge in [0, 0.05) is 12.0 Å². The van der Waals surface area contributed by atoms with E-state index in [1.54, 1.807) is 6.07 Å². The second-order valence-electron chi connectivity index (χ2n) is 2.33. The minimum atomic E-state index is -0.838. The van der Waals surface area contributed by atoms with E-state index in [1.807, 2.05) is 5.92 Å². The van der Waals surface area contributed by atoms with Crippen molar-refractivity contribution in [1.82, 2.24) is 0 Å². The van der Waals surface area contributed by atoms with E-state index in [9.17, 15) is 8.78 Å². The Labute approximate surface area is 79.7 Å². The van der Waals surface area contributed by atoms with Gasteiger partial charge in [-0.15, -0.1) is 0 Å². The summed E-state index contributed by atoms with van der Waals surface area (Å²) >= 11 is 0. The second-order valence-corrected chi connectivity index (χ2v) is 2.33. The molecule has 0 bridgehead atoms. The molecule has 1 aromatic rings. The highest BCUT2D eigenvalue weighted by atomic mass is 19.1. The molecule has 0 fully saturated rings. The first kappa shape index (κ1) is 10.0. The molecule has 70 valence electrons. The fraction of sp³-hybridized carbons (Fsp3) is 0.100. The first-order valence-electron chi connectivity index (χ1n) is 3.62. The summed E-state index contributed by atoms with van der Waals surface area (Å²) in [6.45, 7) is 0. The van der Waals surface area contributed by atoms with Gasteiger partial charge in [-0.2, -0.15) is 5.26 Å². The Morgan fingerprint density at radius 1 is 1.36 bits per heavy atom. The van der Waals surface area contributed by atoms with Crippen molar-refractivity contribution in [2.45, 2.75) is 0 Å². The van der Waals surface area contributed by atoms with Crippen LogP contribution in [0.15, 0.2) is 12.1 Å². The van der Waals surface area contributed by atoms with Crippen molar-refractivity contribution >= 4 is 0 Å². The molecular weight excluding hydrogens is 188 g/mol. The third-order valence-electron chi connectivity index (χ3n) is 1.47. The molecule has 0 heterocycles. The van der Waals surface area contributed by atoms with Crippen molar-refractivity contribution in [3.63, 3.8) is 0 Å². The zero-order valence-corrected chi connectivity index (χ0v) is 7.27. The molecule has 1 aromatic carbocycles. The molecule has 0 radical (unpaired) electrons. The number of hydrogen-bond acceptors (Lipinski definition) is 2. The topological polar surface area (TPSA) is 33.0 Å². The van der Waals surface area contributed by atoms with E-state index in [0.29, 0.717) is 6.07 Å². The summed E-state index contributed by atoms with van der Waals surface area (Å²) in [4.78, 5) is 0. The molecular formula is C10H5F2NO. The predicted molar refractivity (Wildman–Crippen MR) is 45.4 cm³/mol. The molecule has 0 aliphatic carbocycles. The molecule has 4 heteroatoms. The third kappa shape index (κ3) is 1.99. The zero-order chi connectivity index (χ0) is 10.6. The lowest BCUT2D eigenvalue weighted by molar-refractivity contribution is 0.383. The van der Waals surface area contributed by atoms with Crippen molar-refractivity contribution in [2.75, 3.05) is 7.11 Å². The molecule has 0 spiro atoms. The Hall–Kier alpha value is -2.07. The van der Waals surface area contributed by atoms with E-state index in [0.717, 1.165) is 6.07 Å². The van der Waals surface area contributed by atoms with Crippen LogP contribution in [-0.4, -0.2) is 7.11 Å². The molecule has 0 saturated carbocycles. The number of nitriles is 1. The number of hydrogen-bond donors (Lipinski definition) is 0. The minimum Gasteiger partial charge on any atom is -0.492 e. The summed E-state index contributed by atoms with van der Waals surface area (Å²) in [5.41, 5.74) is 0.0200. The Morgan fingerprint density at radius 3 is 2.64 bits per heavy atom. The molecule has 0 saturated heterocycles. The normalized spacial score (nSPS) is 8.43. The van der Waals surface area contributed by atoms with Crippen LogP contribution in [0.2, 0.25) is 0 Å². The Bertz CT molecular complexity index is 452. The number of nitrogens with zero attached hydrogens (tertiary/aromatic N) is 1. The van der Waals surface area contributed by atoms with Crippen LogP contribution in [0.5, 0.6) is 5.75 Å². The lowest BCUT2D eigenvalue weighted by Gasteiger charge is -2.03. The minimum absolute atomic E-state index is 0.0200. The summed E-state index contributed by atoms with van der Waals surface area (Å²) in [7, 11) is 1.24. The molecule has 2 nitrogen and oxygen atoms in total. The van der Waals surface area contributed by atoms with Gasteiger partial charge in [-0.1, -0.05) is 0 Å². The van der Waals surface area contributed by atoms with Crippen LogP contribution >= 0.6 is 0 Å². The zero-order valence-electron chi connectivity index (χ0n) is 7.27. The monoisotopic (exact) mass is 193 g/mol. The largest absolute Gasteiger partial charge is 0.492 e. The molecule has 1 rings (SSSR count). The predicted octanol–water partition coefficient (Wildman–Crippen LogP) is 1.85. The van der Waals surface area contributed by atoms with Crippen LogP contribution in [0.1, 0.15) is 5.56 Å². The van der Waals surface area contributed by atoms with Crippen LogP contribution < -0.4 is 4.74 Å². The van der Waals surface area contributed by atoms with Gasteiger partial charge in [-0.3, -0.25) is 0 Å². The second kappa shape index (κ2) is 4.25. The maximum atomic E-state index is 13.0. The SMILES string of the molecule is COc1c(F)cc(F)cc1C#CC#N. The molecule has 0 atom stereocenters. The molecule has 0 aliphatic rings. The molecule has 0 N–H and O–H groups in total. The first-order valence-corrected chi connectivity index (χ1v) is 3.62. The highest BCUT2D eigenvalue weighted by molar-refractivity contribution is 5.48. The number of halogens is 2. The van der Waals surface area contributed by atoms with Crippen molar-refractivity contribution in [2.24, 2.45) is 0 Å². The highest BCUT2D eigenvalue weighted by Gasteiger charge is 2.09. The van der Waals surface area contributed by atoms with E-state index in [1.165, 1.54) is 7.11 Å². The molecule has 0 unspecified atom stereocenters. The fourth-order valence-corrected chi connectivity index (χ4v) is 0.956. The number of rotatable bonds is 1. The standard InChI is InChI=1S/C10H5F2NO/c1-14-10-7(3-2-4-13)5-8(11)6-9(10)12/h5-6H,1H3. The maximum absolute atomic E-state index is 13.0. The average Bonchev–Trinajstić information content (AvgIpc) is 2.14. The van der Waals surface area contributed by atoms with E-state index in [2.05, 4.69) is 10.7 Å². The van der Waals surface area contributed by atoms with Gasteiger partial charge in [0.05, 0.1) is 12.7 Å². The number of ether oxygens (including phenoxy) is 1. The maximum Gasteiger partial charge on any atom is 0.170 e. The first-order chi connectivity index (χ1) is 6.69. The van der Waals surface area contributed by atoms with E-state index >= 15 is 0 Å².